The number of rotatable bonds is 11. The van der Waals surface area contributed by atoms with E-state index in [4.69, 9.17) is 11.6 Å². The van der Waals surface area contributed by atoms with Crippen LogP contribution < -0.4 is 9.62 Å². The molecule has 3 rings (SSSR count). The molecule has 40 heavy (non-hydrogen) atoms. The van der Waals surface area contributed by atoms with E-state index in [2.05, 4.69) is 21.2 Å². The normalized spacial score (nSPS) is 12.2. The first-order valence-corrected chi connectivity index (χ1v) is 15.6. The number of amides is 2. The first-order chi connectivity index (χ1) is 18.8. The molecule has 1 atom stereocenters. The number of nitrogens with zero attached hydrogens (tertiary/aromatic N) is 2. The second-order valence-corrected chi connectivity index (χ2v) is 13.4. The summed E-state index contributed by atoms with van der Waals surface area (Å²) in [5.74, 6) is -0.593. The molecule has 0 aliphatic rings. The molecule has 1 N–H and O–H groups in total. The number of halogens is 2. The standard InChI is InChI=1S/C30H35BrClN3O4S/c1-20(2)17-33-30(37)23(5)34(18-24-8-10-25(31)11-9-24)29(36)19-35(28-15-12-26(32)16-22(28)4)40(38,39)27-13-6-21(3)7-14-27/h6-16,20,23H,17-19H2,1-5H3,(H,33,37)/t23-/m0/s1. The van der Waals surface area contributed by atoms with Crippen molar-refractivity contribution in [3.05, 3.63) is 92.9 Å². The number of hydrogen-bond donors (Lipinski definition) is 1. The van der Waals surface area contributed by atoms with Gasteiger partial charge in [0.1, 0.15) is 12.6 Å². The third-order valence-electron chi connectivity index (χ3n) is 6.43. The van der Waals surface area contributed by atoms with E-state index < -0.39 is 28.5 Å². The summed E-state index contributed by atoms with van der Waals surface area (Å²) in [6, 6.07) is 17.9. The summed E-state index contributed by atoms with van der Waals surface area (Å²) in [7, 11) is -4.14. The Morgan fingerprint density at radius 3 is 2.15 bits per heavy atom. The highest BCUT2D eigenvalue weighted by Crippen LogP contribution is 2.29. The van der Waals surface area contributed by atoms with E-state index >= 15 is 0 Å². The first kappa shape index (κ1) is 31.6. The molecule has 0 spiro atoms. The minimum Gasteiger partial charge on any atom is -0.354 e. The molecule has 2 amide bonds. The Morgan fingerprint density at radius 2 is 1.57 bits per heavy atom. The van der Waals surface area contributed by atoms with Crippen molar-refractivity contribution in [2.24, 2.45) is 5.92 Å². The zero-order chi connectivity index (χ0) is 29.6. The van der Waals surface area contributed by atoms with Gasteiger partial charge in [-0.05, 0) is 80.3 Å². The van der Waals surface area contributed by atoms with Gasteiger partial charge in [0.25, 0.3) is 10.0 Å². The Morgan fingerprint density at radius 1 is 0.950 bits per heavy atom. The van der Waals surface area contributed by atoms with Gasteiger partial charge in [-0.25, -0.2) is 8.42 Å². The molecule has 214 valence electrons. The van der Waals surface area contributed by atoms with Crippen molar-refractivity contribution in [3.63, 3.8) is 0 Å². The average molecular weight is 649 g/mol. The number of sulfonamides is 1. The number of anilines is 1. The lowest BCUT2D eigenvalue weighted by molar-refractivity contribution is -0.139. The van der Waals surface area contributed by atoms with Crippen molar-refractivity contribution < 1.29 is 18.0 Å². The Kier molecular flexibility index (Phi) is 10.8. The summed E-state index contributed by atoms with van der Waals surface area (Å²) in [6.45, 7) is 9.31. The van der Waals surface area contributed by atoms with Crippen molar-refractivity contribution in [1.82, 2.24) is 10.2 Å². The summed E-state index contributed by atoms with van der Waals surface area (Å²) in [4.78, 5) is 28.5. The van der Waals surface area contributed by atoms with E-state index in [1.807, 2.05) is 45.0 Å². The second-order valence-electron chi connectivity index (χ2n) is 10.2. The quantitative estimate of drug-likeness (QED) is 0.272. The largest absolute Gasteiger partial charge is 0.354 e. The molecule has 0 bridgehead atoms. The molecule has 3 aromatic rings. The monoisotopic (exact) mass is 647 g/mol. The lowest BCUT2D eigenvalue weighted by atomic mass is 10.1. The van der Waals surface area contributed by atoms with Crippen LogP contribution in [0.4, 0.5) is 5.69 Å². The van der Waals surface area contributed by atoms with Gasteiger partial charge in [0.2, 0.25) is 11.8 Å². The maximum absolute atomic E-state index is 14.0. The molecule has 0 fully saturated rings. The number of carbonyl (C=O) groups excluding carboxylic acids is 2. The summed E-state index contributed by atoms with van der Waals surface area (Å²) in [5.41, 5.74) is 2.64. The fourth-order valence-corrected chi connectivity index (χ4v) is 6.04. The van der Waals surface area contributed by atoms with Gasteiger partial charge in [0, 0.05) is 22.6 Å². The minimum absolute atomic E-state index is 0.0578. The van der Waals surface area contributed by atoms with Crippen molar-refractivity contribution in [1.29, 1.82) is 0 Å². The fraction of sp³-hybridized carbons (Fsp3) is 0.333. The third kappa shape index (κ3) is 8.08. The predicted octanol–water partition coefficient (Wildman–Crippen LogP) is 6.10. The van der Waals surface area contributed by atoms with E-state index in [0.717, 1.165) is 19.9 Å². The Bertz CT molecular complexity index is 1440. The van der Waals surface area contributed by atoms with Crippen LogP contribution in [-0.2, 0) is 26.2 Å². The van der Waals surface area contributed by atoms with Gasteiger partial charge in [-0.15, -0.1) is 0 Å². The molecule has 0 unspecified atom stereocenters. The van der Waals surface area contributed by atoms with Crippen molar-refractivity contribution >= 4 is 55.1 Å². The average Bonchev–Trinajstić information content (AvgIpc) is 2.90. The molecule has 10 heteroatoms. The highest BCUT2D eigenvalue weighted by molar-refractivity contribution is 9.10. The molecule has 3 aromatic carbocycles. The van der Waals surface area contributed by atoms with Crippen molar-refractivity contribution in [2.75, 3.05) is 17.4 Å². The topological polar surface area (TPSA) is 86.8 Å². The number of nitrogens with one attached hydrogen (secondary N) is 1. The Labute approximate surface area is 250 Å². The molecule has 0 heterocycles. The van der Waals surface area contributed by atoms with Gasteiger partial charge in [-0.1, -0.05) is 71.2 Å². The zero-order valence-electron chi connectivity index (χ0n) is 23.3. The summed E-state index contributed by atoms with van der Waals surface area (Å²) in [5, 5.41) is 3.34. The van der Waals surface area contributed by atoms with Crippen LogP contribution in [0, 0.1) is 19.8 Å². The van der Waals surface area contributed by atoms with Crippen molar-refractivity contribution in [2.45, 2.75) is 52.1 Å². The van der Waals surface area contributed by atoms with Crippen LogP contribution in [0.5, 0.6) is 0 Å². The first-order valence-electron chi connectivity index (χ1n) is 13.0. The molecule has 0 aliphatic carbocycles. The Balaban J connectivity index is 2.04. The van der Waals surface area contributed by atoms with Crippen LogP contribution >= 0.6 is 27.5 Å². The van der Waals surface area contributed by atoms with Gasteiger partial charge in [0.05, 0.1) is 10.6 Å². The molecule has 7 nitrogen and oxygen atoms in total. The van der Waals surface area contributed by atoms with E-state index in [1.54, 1.807) is 44.2 Å². The van der Waals surface area contributed by atoms with Crippen LogP contribution in [0.15, 0.2) is 76.1 Å². The SMILES string of the molecule is Cc1ccc(S(=O)(=O)N(CC(=O)N(Cc2ccc(Br)cc2)[C@@H](C)C(=O)NCC(C)C)c2ccc(Cl)cc2C)cc1. The molecular weight excluding hydrogens is 614 g/mol. The van der Waals surface area contributed by atoms with Gasteiger partial charge in [-0.3, -0.25) is 13.9 Å². The van der Waals surface area contributed by atoms with Crippen LogP contribution in [-0.4, -0.2) is 44.3 Å². The van der Waals surface area contributed by atoms with E-state index in [-0.39, 0.29) is 23.3 Å². The molecule has 0 saturated carbocycles. The lowest BCUT2D eigenvalue weighted by Crippen LogP contribution is -2.51. The van der Waals surface area contributed by atoms with E-state index in [9.17, 15) is 18.0 Å². The van der Waals surface area contributed by atoms with Crippen LogP contribution in [0.3, 0.4) is 0 Å². The van der Waals surface area contributed by atoms with Gasteiger partial charge < -0.3 is 10.2 Å². The zero-order valence-corrected chi connectivity index (χ0v) is 26.5. The summed E-state index contributed by atoms with van der Waals surface area (Å²) >= 11 is 9.58. The smallest absolute Gasteiger partial charge is 0.264 e. The molecule has 0 saturated heterocycles. The van der Waals surface area contributed by atoms with Gasteiger partial charge in [-0.2, -0.15) is 0 Å². The molecule has 0 aromatic heterocycles. The van der Waals surface area contributed by atoms with Gasteiger partial charge >= 0.3 is 0 Å². The maximum Gasteiger partial charge on any atom is 0.264 e. The molecule has 0 aliphatic heterocycles. The third-order valence-corrected chi connectivity index (χ3v) is 8.97. The van der Waals surface area contributed by atoms with Crippen LogP contribution in [0.1, 0.15) is 37.5 Å². The lowest BCUT2D eigenvalue weighted by Gasteiger charge is -2.32. The summed E-state index contributed by atoms with van der Waals surface area (Å²) < 4.78 is 29.9. The molecular formula is C30H35BrClN3O4S. The van der Waals surface area contributed by atoms with Crippen LogP contribution in [0.2, 0.25) is 5.02 Å². The number of benzene rings is 3. The molecule has 0 radical (unpaired) electrons. The Hall–Kier alpha value is -2.88. The highest BCUT2D eigenvalue weighted by atomic mass is 79.9. The number of hydrogen-bond acceptors (Lipinski definition) is 4. The highest BCUT2D eigenvalue weighted by Gasteiger charge is 2.33. The summed E-state index contributed by atoms with van der Waals surface area (Å²) in [6.07, 6.45) is 0. The second kappa shape index (κ2) is 13.7. The van der Waals surface area contributed by atoms with E-state index in [1.165, 1.54) is 17.0 Å². The van der Waals surface area contributed by atoms with Crippen molar-refractivity contribution in [3.8, 4) is 0 Å². The predicted molar refractivity (Wildman–Crippen MR) is 164 cm³/mol. The van der Waals surface area contributed by atoms with Crippen LogP contribution in [0.25, 0.3) is 0 Å². The number of carbonyl (C=O) groups is 2. The number of aryl methyl sites for hydroxylation is 2. The van der Waals surface area contributed by atoms with E-state index in [0.29, 0.717) is 22.8 Å². The maximum atomic E-state index is 14.0. The van der Waals surface area contributed by atoms with Gasteiger partial charge in [0.15, 0.2) is 0 Å². The fourth-order valence-electron chi connectivity index (χ4n) is 4.07. The minimum atomic E-state index is -4.14.